The van der Waals surface area contributed by atoms with Crippen molar-refractivity contribution >= 4 is 33.3 Å². The van der Waals surface area contributed by atoms with Gasteiger partial charge in [0.15, 0.2) is 0 Å². The molecule has 2 aromatic heterocycles. The molecule has 0 aliphatic rings. The van der Waals surface area contributed by atoms with Gasteiger partial charge in [-0.25, -0.2) is 9.97 Å². The molecule has 3 aromatic rings. The number of ether oxygens (including phenoxy) is 1. The van der Waals surface area contributed by atoms with Gasteiger partial charge in [0.05, 0.1) is 11.8 Å². The predicted molar refractivity (Wildman–Crippen MR) is 91.4 cm³/mol. The van der Waals surface area contributed by atoms with Crippen LogP contribution in [0.15, 0.2) is 48.1 Å². The third-order valence-corrected chi connectivity index (χ3v) is 4.18. The Morgan fingerprint density at radius 1 is 1.26 bits per heavy atom. The van der Waals surface area contributed by atoms with E-state index in [1.807, 2.05) is 48.7 Å². The number of anilines is 1. The van der Waals surface area contributed by atoms with Gasteiger partial charge in [-0.2, -0.15) is 0 Å². The molecule has 6 heteroatoms. The first kappa shape index (κ1) is 15.4. The average molecular weight is 327 g/mol. The quantitative estimate of drug-likeness (QED) is 0.701. The molecule has 0 radical (unpaired) electrons. The van der Waals surface area contributed by atoms with Gasteiger partial charge in [0, 0.05) is 6.04 Å². The summed E-state index contributed by atoms with van der Waals surface area (Å²) in [6.07, 6.45) is 1.81. The fourth-order valence-corrected chi connectivity index (χ4v) is 2.97. The number of esters is 1. The van der Waals surface area contributed by atoms with Crippen molar-refractivity contribution in [3.63, 3.8) is 0 Å². The molecule has 1 unspecified atom stereocenters. The summed E-state index contributed by atoms with van der Waals surface area (Å²) >= 11 is 1.57. The second-order valence-electron chi connectivity index (χ2n) is 5.26. The normalized spacial score (nSPS) is 12.0. The van der Waals surface area contributed by atoms with Crippen molar-refractivity contribution in [2.75, 3.05) is 5.32 Å². The van der Waals surface area contributed by atoms with Gasteiger partial charge in [-0.15, -0.1) is 11.3 Å². The van der Waals surface area contributed by atoms with E-state index in [1.165, 1.54) is 6.33 Å². The number of aromatic nitrogens is 2. The fraction of sp³-hybridized carbons (Fsp3) is 0.235. The number of hydrogen-bond acceptors (Lipinski definition) is 6. The number of nitrogens with zero attached hydrogens (tertiary/aromatic N) is 2. The molecule has 2 heterocycles. The molecule has 0 saturated carbocycles. The molecule has 0 aliphatic heterocycles. The van der Waals surface area contributed by atoms with Crippen LogP contribution in [0.1, 0.15) is 18.9 Å². The molecular formula is C17H17N3O2S. The largest absolute Gasteiger partial charge is 0.461 e. The fourth-order valence-electron chi connectivity index (χ4n) is 2.24. The lowest BCUT2D eigenvalue weighted by Crippen LogP contribution is -2.21. The Balaban J connectivity index is 1.53. The summed E-state index contributed by atoms with van der Waals surface area (Å²) in [4.78, 5) is 21.3. The van der Waals surface area contributed by atoms with Gasteiger partial charge in [0.2, 0.25) is 0 Å². The number of carbonyl (C=O) groups excluding carboxylic acids is 1. The maximum Gasteiger partial charge on any atom is 0.308 e. The van der Waals surface area contributed by atoms with Crippen molar-refractivity contribution < 1.29 is 9.53 Å². The standard InChI is InChI=1S/C17H17N3O2S/c1-12(9-15(21)22-10-13-5-3-2-4-6-13)20-16-14-7-8-23-17(14)19-11-18-16/h2-8,11-12H,9-10H2,1H3,(H,18,19,20). The molecule has 1 N–H and O–H groups in total. The summed E-state index contributed by atoms with van der Waals surface area (Å²) in [5.41, 5.74) is 0.984. The van der Waals surface area contributed by atoms with Crippen LogP contribution in [0.4, 0.5) is 5.82 Å². The zero-order valence-electron chi connectivity index (χ0n) is 12.7. The molecule has 1 aromatic carbocycles. The number of rotatable bonds is 6. The van der Waals surface area contributed by atoms with Crippen LogP contribution < -0.4 is 5.32 Å². The zero-order chi connectivity index (χ0) is 16.1. The highest BCUT2D eigenvalue weighted by Crippen LogP contribution is 2.24. The molecule has 0 spiro atoms. The minimum absolute atomic E-state index is 0.0729. The Labute approximate surface area is 138 Å². The highest BCUT2D eigenvalue weighted by molar-refractivity contribution is 7.16. The topological polar surface area (TPSA) is 64.1 Å². The number of fused-ring (bicyclic) bond motifs is 1. The molecule has 1 atom stereocenters. The van der Waals surface area contributed by atoms with E-state index in [9.17, 15) is 4.79 Å². The smallest absolute Gasteiger partial charge is 0.308 e. The Kier molecular flexibility index (Phi) is 4.83. The zero-order valence-corrected chi connectivity index (χ0v) is 13.5. The molecule has 5 nitrogen and oxygen atoms in total. The summed E-state index contributed by atoms with van der Waals surface area (Å²) in [6.45, 7) is 2.23. The van der Waals surface area contributed by atoms with Crippen LogP contribution in [-0.2, 0) is 16.1 Å². The second kappa shape index (κ2) is 7.19. The van der Waals surface area contributed by atoms with Gasteiger partial charge in [-0.05, 0) is 23.9 Å². The average Bonchev–Trinajstić information content (AvgIpc) is 3.03. The van der Waals surface area contributed by atoms with Gasteiger partial charge in [0.1, 0.15) is 23.6 Å². The van der Waals surface area contributed by atoms with E-state index >= 15 is 0 Å². The van der Waals surface area contributed by atoms with E-state index in [2.05, 4.69) is 15.3 Å². The van der Waals surface area contributed by atoms with Crippen LogP contribution in [0.3, 0.4) is 0 Å². The van der Waals surface area contributed by atoms with E-state index < -0.39 is 0 Å². The maximum atomic E-state index is 11.9. The number of thiophene rings is 1. The highest BCUT2D eigenvalue weighted by Gasteiger charge is 2.13. The molecule has 3 rings (SSSR count). The lowest BCUT2D eigenvalue weighted by Gasteiger charge is -2.14. The number of benzene rings is 1. The number of carbonyl (C=O) groups is 1. The first-order valence-corrected chi connectivity index (χ1v) is 8.24. The van der Waals surface area contributed by atoms with Crippen molar-refractivity contribution in [3.8, 4) is 0 Å². The summed E-state index contributed by atoms with van der Waals surface area (Å²) in [7, 11) is 0. The minimum atomic E-state index is -0.232. The molecule has 118 valence electrons. The van der Waals surface area contributed by atoms with Crippen LogP contribution in [0.25, 0.3) is 10.2 Å². The van der Waals surface area contributed by atoms with Gasteiger partial charge in [0.25, 0.3) is 0 Å². The number of nitrogens with one attached hydrogen (secondary N) is 1. The molecule has 0 fully saturated rings. The summed E-state index contributed by atoms with van der Waals surface area (Å²) in [5, 5.41) is 6.20. The predicted octanol–water partition coefficient (Wildman–Crippen LogP) is 3.63. The van der Waals surface area contributed by atoms with E-state index in [0.29, 0.717) is 6.61 Å². The Morgan fingerprint density at radius 3 is 2.91 bits per heavy atom. The molecular weight excluding hydrogens is 310 g/mol. The van der Waals surface area contributed by atoms with Crippen LogP contribution in [0.5, 0.6) is 0 Å². The third kappa shape index (κ3) is 4.04. The van der Waals surface area contributed by atoms with Crippen LogP contribution in [-0.4, -0.2) is 22.0 Å². The summed E-state index contributed by atoms with van der Waals surface area (Å²) < 4.78 is 5.30. The van der Waals surface area contributed by atoms with Gasteiger partial charge >= 0.3 is 5.97 Å². The lowest BCUT2D eigenvalue weighted by molar-refractivity contribution is -0.145. The monoisotopic (exact) mass is 327 g/mol. The summed E-state index contributed by atoms with van der Waals surface area (Å²) in [5.74, 6) is 0.518. The SMILES string of the molecule is CC(CC(=O)OCc1ccccc1)Nc1ncnc2sccc12. The van der Waals surface area contributed by atoms with Gasteiger partial charge in [-0.1, -0.05) is 30.3 Å². The van der Waals surface area contributed by atoms with Crippen molar-refractivity contribution in [1.82, 2.24) is 9.97 Å². The van der Waals surface area contributed by atoms with E-state index in [1.54, 1.807) is 11.3 Å². The first-order chi connectivity index (χ1) is 11.2. The minimum Gasteiger partial charge on any atom is -0.461 e. The molecule has 0 saturated heterocycles. The number of hydrogen-bond donors (Lipinski definition) is 1. The Hall–Kier alpha value is -2.47. The highest BCUT2D eigenvalue weighted by atomic mass is 32.1. The molecule has 0 aliphatic carbocycles. The van der Waals surface area contributed by atoms with Crippen LogP contribution in [0, 0.1) is 0 Å². The van der Waals surface area contributed by atoms with E-state index in [4.69, 9.17) is 4.74 Å². The second-order valence-corrected chi connectivity index (χ2v) is 6.15. The van der Waals surface area contributed by atoms with Gasteiger partial charge < -0.3 is 10.1 Å². The first-order valence-electron chi connectivity index (χ1n) is 7.36. The van der Waals surface area contributed by atoms with Gasteiger partial charge in [-0.3, -0.25) is 4.79 Å². The van der Waals surface area contributed by atoms with Crippen molar-refractivity contribution in [3.05, 3.63) is 53.7 Å². The molecule has 0 bridgehead atoms. The lowest BCUT2D eigenvalue weighted by atomic mass is 10.2. The van der Waals surface area contributed by atoms with Crippen LogP contribution >= 0.6 is 11.3 Å². The van der Waals surface area contributed by atoms with Crippen LogP contribution in [0.2, 0.25) is 0 Å². The Morgan fingerprint density at radius 2 is 2.09 bits per heavy atom. The Bertz CT molecular complexity index is 789. The summed E-state index contributed by atoms with van der Waals surface area (Å²) in [6, 6.07) is 11.6. The van der Waals surface area contributed by atoms with Crippen molar-refractivity contribution in [1.29, 1.82) is 0 Å². The molecule has 0 amide bonds. The third-order valence-electron chi connectivity index (χ3n) is 3.36. The van der Waals surface area contributed by atoms with E-state index in [0.717, 1.165) is 21.6 Å². The maximum absolute atomic E-state index is 11.9. The molecule has 23 heavy (non-hydrogen) atoms. The van der Waals surface area contributed by atoms with Crippen molar-refractivity contribution in [2.24, 2.45) is 0 Å². The van der Waals surface area contributed by atoms with Crippen molar-refractivity contribution in [2.45, 2.75) is 26.0 Å². The van der Waals surface area contributed by atoms with E-state index in [-0.39, 0.29) is 18.4 Å².